The normalized spacial score (nSPS) is 26.2. The molecular weight excluding hydrogens is 381 g/mol. The van der Waals surface area contributed by atoms with E-state index in [9.17, 15) is 19.9 Å². The first-order valence-corrected chi connectivity index (χ1v) is 7.89. The Kier molecular flexibility index (Phi) is 8.44. The summed E-state index contributed by atoms with van der Waals surface area (Å²) in [5.74, 6) is -0.358. The van der Waals surface area contributed by atoms with E-state index in [-0.39, 0.29) is 76.2 Å². The van der Waals surface area contributed by atoms with E-state index in [4.69, 9.17) is 14.5 Å². The zero-order valence-corrected chi connectivity index (χ0v) is 18.3. The van der Waals surface area contributed by atoms with Crippen LogP contribution in [0.2, 0.25) is 0 Å². The second kappa shape index (κ2) is 9.02. The number of ether oxygens (including phenoxy) is 1. The summed E-state index contributed by atoms with van der Waals surface area (Å²) in [6.45, 7) is -0.619. The van der Waals surface area contributed by atoms with Crippen molar-refractivity contribution in [3.63, 3.8) is 0 Å². The van der Waals surface area contributed by atoms with Crippen molar-refractivity contribution >= 4 is 78.1 Å². The first-order valence-electron chi connectivity index (χ1n) is 6.36. The number of rotatable bonds is 4. The summed E-state index contributed by atoms with van der Waals surface area (Å²) in [6, 6.07) is 0. The second-order valence-electron chi connectivity index (χ2n) is 4.85. The summed E-state index contributed by atoms with van der Waals surface area (Å²) in [5, 5.41) is 29.6. The summed E-state index contributed by atoms with van der Waals surface area (Å²) in [6.07, 6.45) is -2.85. The first kappa shape index (κ1) is 23.4. The summed E-state index contributed by atoms with van der Waals surface area (Å²) >= 11 is 0. The number of aromatic hydroxyl groups is 1. The summed E-state index contributed by atoms with van der Waals surface area (Å²) in [7, 11) is -4.74. The van der Waals surface area contributed by atoms with Gasteiger partial charge in [0.2, 0.25) is 5.88 Å². The minimum Gasteiger partial charge on any atom is -0.492 e. The number of aliphatic hydroxyl groups is 2. The molecule has 1 saturated heterocycles. The predicted octanol–water partition coefficient (Wildman–Crippen LogP) is -2.50. The zero-order valence-electron chi connectivity index (χ0n) is 13.4. The van der Waals surface area contributed by atoms with Gasteiger partial charge < -0.3 is 29.8 Å². The third-order valence-electron chi connectivity index (χ3n) is 3.36. The summed E-state index contributed by atoms with van der Waals surface area (Å²) < 4.78 is 21.6. The van der Waals surface area contributed by atoms with Crippen LogP contribution in [0.15, 0.2) is 12.7 Å². The van der Waals surface area contributed by atoms with Crippen LogP contribution in [0.5, 0.6) is 5.88 Å². The van der Waals surface area contributed by atoms with Gasteiger partial charge in [-0.1, -0.05) is 0 Å². The van der Waals surface area contributed by atoms with E-state index in [0.29, 0.717) is 0 Å². The van der Waals surface area contributed by atoms with Crippen molar-refractivity contribution in [3.8, 4) is 5.88 Å². The average Bonchev–Trinajstić information content (AvgIpc) is 3.01. The zero-order chi connectivity index (χ0) is 16.8. The monoisotopic (exact) mass is 394 g/mol. The minimum atomic E-state index is -4.74. The molecule has 5 N–H and O–H groups in total. The minimum absolute atomic E-state index is 0. The van der Waals surface area contributed by atoms with Crippen LogP contribution >= 0.6 is 7.82 Å². The maximum absolute atomic E-state index is 10.7. The molecule has 0 saturated carbocycles. The fraction of sp³-hybridized carbons (Fsp3) is 0.500. The van der Waals surface area contributed by atoms with E-state index in [1.807, 2.05) is 0 Å². The molecule has 1 fully saturated rings. The van der Waals surface area contributed by atoms with Gasteiger partial charge >= 0.3 is 7.82 Å². The molecule has 2 radical (unpaired) electrons. The molecule has 1 aliphatic rings. The predicted molar refractivity (Wildman–Crippen MR) is 82.4 cm³/mol. The number of aromatic nitrogens is 4. The third kappa shape index (κ3) is 4.99. The Labute approximate surface area is 185 Å². The summed E-state index contributed by atoms with van der Waals surface area (Å²) in [5.41, 5.74) is 0.234. The number of hydrogen-bond acceptors (Lipinski definition) is 9. The van der Waals surface area contributed by atoms with Crippen LogP contribution in [-0.2, 0) is 13.8 Å². The van der Waals surface area contributed by atoms with Crippen LogP contribution in [0.4, 0.5) is 0 Å². The van der Waals surface area contributed by atoms with E-state index in [1.165, 1.54) is 10.9 Å². The van der Waals surface area contributed by atoms with E-state index < -0.39 is 39.0 Å². The van der Waals surface area contributed by atoms with Gasteiger partial charge in [-0.25, -0.2) is 14.5 Å². The topological polar surface area (TPSA) is 180 Å². The van der Waals surface area contributed by atoms with E-state index in [1.54, 1.807) is 0 Å². The Morgan fingerprint density at radius 2 is 1.88 bits per heavy atom. The fourth-order valence-electron chi connectivity index (χ4n) is 2.29. The van der Waals surface area contributed by atoms with Gasteiger partial charge in [-0.15, -0.1) is 0 Å². The van der Waals surface area contributed by atoms with Crippen LogP contribution < -0.4 is 0 Å². The number of imidazole rings is 1. The SMILES string of the molecule is O=P(O)(O)OC[C@H]1O[C@@H](n2cnc3c(O)ncnc32)[C@H](O)[C@@H]1O.[Na].[Na]. The molecular formula is C10H13N4Na2O8P. The molecule has 0 aliphatic carbocycles. The molecule has 0 spiro atoms. The standard InChI is InChI=1S/C10H13N4O8P.2Na/c15-6-4(1-21-23(18,19)20)22-10(7(6)16)14-3-13-5-8(14)11-2-12-9(5)17;;/h2-4,6-7,10,15-16H,1H2,(H,11,12,17)(H2,18,19,20);;/t4-,6-,7-,10-;;/m1../s1. The Bertz CT molecular complexity index is 772. The van der Waals surface area contributed by atoms with E-state index in [2.05, 4.69) is 19.5 Å². The number of phosphoric acid groups is 1. The third-order valence-corrected chi connectivity index (χ3v) is 3.84. The molecule has 2 aromatic heterocycles. The Morgan fingerprint density at radius 1 is 1.20 bits per heavy atom. The van der Waals surface area contributed by atoms with Crippen LogP contribution in [0.3, 0.4) is 0 Å². The van der Waals surface area contributed by atoms with Crippen molar-refractivity contribution in [3.05, 3.63) is 12.7 Å². The largest absolute Gasteiger partial charge is 0.492 e. The Balaban J connectivity index is 0.00000156. The van der Waals surface area contributed by atoms with Crippen molar-refractivity contribution in [1.29, 1.82) is 0 Å². The molecule has 0 unspecified atom stereocenters. The number of phosphoric ester groups is 1. The summed E-state index contributed by atoms with van der Waals surface area (Å²) in [4.78, 5) is 28.7. The van der Waals surface area contributed by atoms with Gasteiger partial charge in [-0.2, -0.15) is 4.98 Å². The smallest absolute Gasteiger partial charge is 0.469 e. The van der Waals surface area contributed by atoms with E-state index >= 15 is 0 Å². The van der Waals surface area contributed by atoms with Gasteiger partial charge in [-0.3, -0.25) is 9.09 Å². The maximum atomic E-state index is 10.7. The van der Waals surface area contributed by atoms with Crippen LogP contribution in [0, 0.1) is 0 Å². The van der Waals surface area contributed by atoms with Crippen LogP contribution in [0.25, 0.3) is 11.2 Å². The van der Waals surface area contributed by atoms with Crippen molar-refractivity contribution in [2.75, 3.05) is 6.61 Å². The molecule has 4 atom stereocenters. The van der Waals surface area contributed by atoms with Crippen molar-refractivity contribution in [2.45, 2.75) is 24.5 Å². The van der Waals surface area contributed by atoms with Crippen molar-refractivity contribution in [2.24, 2.45) is 0 Å². The van der Waals surface area contributed by atoms with Crippen molar-refractivity contribution in [1.82, 2.24) is 19.5 Å². The molecule has 3 heterocycles. The number of fused-ring (bicyclic) bond motifs is 1. The molecule has 2 aromatic rings. The number of hydrogen-bond donors (Lipinski definition) is 5. The Morgan fingerprint density at radius 3 is 2.52 bits per heavy atom. The first-order chi connectivity index (χ1) is 10.8. The number of nitrogens with zero attached hydrogens (tertiary/aromatic N) is 4. The van der Waals surface area contributed by atoms with Gasteiger partial charge in [0, 0.05) is 59.1 Å². The van der Waals surface area contributed by atoms with Gasteiger partial charge in [-0.05, 0) is 0 Å². The molecule has 25 heavy (non-hydrogen) atoms. The second-order valence-corrected chi connectivity index (χ2v) is 6.09. The quantitative estimate of drug-likeness (QED) is 0.273. The molecule has 0 amide bonds. The maximum Gasteiger partial charge on any atom is 0.469 e. The molecule has 15 heteroatoms. The van der Waals surface area contributed by atoms with Gasteiger partial charge in [0.1, 0.15) is 24.6 Å². The number of aliphatic hydroxyl groups excluding tert-OH is 2. The van der Waals surface area contributed by atoms with Crippen molar-refractivity contribution < 1.29 is 38.9 Å². The van der Waals surface area contributed by atoms with E-state index in [0.717, 1.165) is 6.33 Å². The molecule has 3 rings (SSSR count). The van der Waals surface area contributed by atoms with Crippen LogP contribution in [-0.4, -0.2) is 129 Å². The fourth-order valence-corrected chi connectivity index (χ4v) is 2.63. The molecule has 1 aliphatic heterocycles. The Hall–Kier alpha value is 0.340. The van der Waals surface area contributed by atoms with Gasteiger partial charge in [0.25, 0.3) is 0 Å². The van der Waals surface area contributed by atoms with Gasteiger partial charge in [0.15, 0.2) is 17.4 Å². The van der Waals surface area contributed by atoms with Crippen LogP contribution in [0.1, 0.15) is 6.23 Å². The molecule has 0 aromatic carbocycles. The molecule has 0 bridgehead atoms. The molecule has 12 nitrogen and oxygen atoms in total. The average molecular weight is 394 g/mol. The molecule has 128 valence electrons. The van der Waals surface area contributed by atoms with Gasteiger partial charge in [0.05, 0.1) is 12.9 Å².